The Kier molecular flexibility index (Phi) is 7.97. The van der Waals surface area contributed by atoms with Crippen LogP contribution in [0.15, 0.2) is 30.3 Å². The second-order valence-electron chi connectivity index (χ2n) is 10.3. The molecule has 2 saturated carbocycles. The van der Waals surface area contributed by atoms with Gasteiger partial charge in [0.25, 0.3) is 0 Å². The molecule has 4 rings (SSSR count). The van der Waals surface area contributed by atoms with Crippen LogP contribution in [0.2, 0.25) is 0 Å². The Bertz CT molecular complexity index is 1100. The highest BCUT2D eigenvalue weighted by atomic mass is 19.4. The molecule has 0 unspecified atom stereocenters. The van der Waals surface area contributed by atoms with Crippen molar-refractivity contribution < 1.29 is 41.0 Å². The fourth-order valence-corrected chi connectivity index (χ4v) is 5.62. The standard InChI is InChI=1S/C27H31F6NO3/c1-15(34-20-9-4-17(5-10-20)25(35)36)18-3-2-16-6-13-23(24(22(16)14-18)27(31,32)33)37-21-11-7-19(8-12-21)26(28,29)30/h2-3,6,13-15,17,19-21,34H,4-5,7-12H2,1H3,(H,35,36)/t15-,17-,19-,20+,21+/m1/s1. The minimum Gasteiger partial charge on any atom is -0.490 e. The number of carbonyl (C=O) groups is 1. The molecule has 1 atom stereocenters. The molecule has 0 bridgehead atoms. The van der Waals surface area contributed by atoms with E-state index in [0.29, 0.717) is 36.6 Å². The number of aliphatic carboxylic acids is 1. The molecule has 0 amide bonds. The molecular formula is C27H31F6NO3. The van der Waals surface area contributed by atoms with E-state index in [1.165, 1.54) is 18.2 Å². The van der Waals surface area contributed by atoms with Crippen molar-refractivity contribution in [3.8, 4) is 5.75 Å². The van der Waals surface area contributed by atoms with Crippen LogP contribution in [0.25, 0.3) is 10.8 Å². The second-order valence-corrected chi connectivity index (χ2v) is 10.3. The molecule has 0 heterocycles. The van der Waals surface area contributed by atoms with Crippen molar-refractivity contribution in [1.29, 1.82) is 0 Å². The number of rotatable bonds is 6. The molecule has 37 heavy (non-hydrogen) atoms. The molecule has 2 aromatic rings. The molecule has 0 saturated heterocycles. The SMILES string of the molecule is C[C@@H](N[C@H]1CC[C@@H](C(=O)O)CC1)c1ccc2ccc(O[C@H]3CC[C@@H](C(F)(F)F)CC3)c(C(F)(F)F)c2c1. The molecule has 2 N–H and O–H groups in total. The molecule has 2 aromatic carbocycles. The van der Waals surface area contributed by atoms with Gasteiger partial charge in [0.05, 0.1) is 17.9 Å². The average Bonchev–Trinajstić information content (AvgIpc) is 2.82. The Morgan fingerprint density at radius 1 is 0.946 bits per heavy atom. The lowest BCUT2D eigenvalue weighted by Crippen LogP contribution is -2.36. The molecule has 10 heteroatoms. The van der Waals surface area contributed by atoms with Crippen LogP contribution in [-0.4, -0.2) is 29.4 Å². The van der Waals surface area contributed by atoms with Gasteiger partial charge in [-0.25, -0.2) is 0 Å². The Labute approximate surface area is 211 Å². The Balaban J connectivity index is 1.54. The smallest absolute Gasteiger partial charge is 0.420 e. The Morgan fingerprint density at radius 3 is 2.14 bits per heavy atom. The van der Waals surface area contributed by atoms with Gasteiger partial charge >= 0.3 is 18.3 Å². The van der Waals surface area contributed by atoms with Gasteiger partial charge < -0.3 is 15.2 Å². The lowest BCUT2D eigenvalue weighted by molar-refractivity contribution is -0.185. The van der Waals surface area contributed by atoms with Crippen LogP contribution in [-0.2, 0) is 11.0 Å². The van der Waals surface area contributed by atoms with E-state index in [9.17, 15) is 36.2 Å². The molecule has 0 aromatic heterocycles. The monoisotopic (exact) mass is 531 g/mol. The van der Waals surface area contributed by atoms with Crippen LogP contribution in [0.4, 0.5) is 26.3 Å². The summed E-state index contributed by atoms with van der Waals surface area (Å²) >= 11 is 0. The van der Waals surface area contributed by atoms with Crippen molar-refractivity contribution in [2.45, 2.75) is 88.8 Å². The zero-order chi connectivity index (χ0) is 27.0. The highest BCUT2D eigenvalue weighted by molar-refractivity contribution is 5.89. The van der Waals surface area contributed by atoms with Crippen LogP contribution >= 0.6 is 0 Å². The summed E-state index contributed by atoms with van der Waals surface area (Å²) in [4.78, 5) is 11.2. The van der Waals surface area contributed by atoms with Gasteiger partial charge in [0.2, 0.25) is 0 Å². The first kappa shape index (κ1) is 27.5. The first-order valence-electron chi connectivity index (χ1n) is 12.7. The Morgan fingerprint density at radius 2 is 1.57 bits per heavy atom. The molecule has 2 fully saturated rings. The third-order valence-electron chi connectivity index (χ3n) is 7.78. The zero-order valence-corrected chi connectivity index (χ0v) is 20.5. The molecule has 4 nitrogen and oxygen atoms in total. The maximum Gasteiger partial charge on any atom is 0.420 e. The van der Waals surface area contributed by atoms with Gasteiger partial charge in [0.1, 0.15) is 11.3 Å². The predicted octanol–water partition coefficient (Wildman–Crippen LogP) is 7.65. The predicted molar refractivity (Wildman–Crippen MR) is 126 cm³/mol. The van der Waals surface area contributed by atoms with Crippen molar-refractivity contribution >= 4 is 16.7 Å². The first-order valence-corrected chi connectivity index (χ1v) is 12.7. The van der Waals surface area contributed by atoms with E-state index in [1.807, 2.05) is 6.92 Å². The summed E-state index contributed by atoms with van der Waals surface area (Å²) in [5, 5.41) is 13.0. The number of hydrogen-bond acceptors (Lipinski definition) is 3. The van der Waals surface area contributed by atoms with Gasteiger partial charge in [-0.3, -0.25) is 4.79 Å². The number of benzene rings is 2. The molecule has 0 radical (unpaired) electrons. The largest absolute Gasteiger partial charge is 0.490 e. The number of halogens is 6. The van der Waals surface area contributed by atoms with Gasteiger partial charge in [-0.15, -0.1) is 0 Å². The number of ether oxygens (including phenoxy) is 1. The normalized spacial score (nSPS) is 26.1. The van der Waals surface area contributed by atoms with Gasteiger partial charge in [0, 0.05) is 12.1 Å². The maximum atomic E-state index is 14.3. The first-order chi connectivity index (χ1) is 17.3. The zero-order valence-electron chi connectivity index (χ0n) is 20.5. The number of nitrogens with one attached hydrogen (secondary N) is 1. The summed E-state index contributed by atoms with van der Waals surface area (Å²) in [6, 6.07) is 7.48. The van der Waals surface area contributed by atoms with Crippen molar-refractivity contribution in [1.82, 2.24) is 5.32 Å². The van der Waals surface area contributed by atoms with Crippen molar-refractivity contribution in [2.24, 2.45) is 11.8 Å². The van der Waals surface area contributed by atoms with Crippen molar-refractivity contribution in [3.63, 3.8) is 0 Å². The molecule has 204 valence electrons. The summed E-state index contributed by atoms with van der Waals surface area (Å²) in [6.45, 7) is 1.86. The number of alkyl halides is 6. The fourth-order valence-electron chi connectivity index (χ4n) is 5.62. The molecule has 0 spiro atoms. The second kappa shape index (κ2) is 10.7. The summed E-state index contributed by atoms with van der Waals surface area (Å²) in [5.74, 6) is -2.96. The fraction of sp³-hybridized carbons (Fsp3) is 0.593. The van der Waals surface area contributed by atoms with Crippen LogP contribution in [0, 0.1) is 11.8 Å². The van der Waals surface area contributed by atoms with Gasteiger partial charge in [0.15, 0.2) is 0 Å². The minimum atomic E-state index is -4.72. The summed E-state index contributed by atoms with van der Waals surface area (Å²) < 4.78 is 87.4. The van der Waals surface area contributed by atoms with Crippen molar-refractivity contribution in [3.05, 3.63) is 41.5 Å². The summed E-state index contributed by atoms with van der Waals surface area (Å²) in [7, 11) is 0. The number of carboxylic acids is 1. The van der Waals surface area contributed by atoms with Gasteiger partial charge in [-0.2, -0.15) is 26.3 Å². The highest BCUT2D eigenvalue weighted by Gasteiger charge is 2.43. The quantitative estimate of drug-likeness (QED) is 0.376. The maximum absolute atomic E-state index is 14.3. The average molecular weight is 532 g/mol. The third kappa shape index (κ3) is 6.51. The lowest BCUT2D eigenvalue weighted by Gasteiger charge is -2.31. The molecule has 0 aliphatic heterocycles. The number of carboxylic acid groups (broad SMARTS) is 1. The van der Waals surface area contributed by atoms with Crippen LogP contribution in [0.1, 0.15) is 75.5 Å². The third-order valence-corrected chi connectivity index (χ3v) is 7.78. The van der Waals surface area contributed by atoms with Gasteiger partial charge in [-0.05, 0) is 86.8 Å². The van der Waals surface area contributed by atoms with E-state index in [1.54, 1.807) is 12.1 Å². The summed E-state index contributed by atoms with van der Waals surface area (Å²) in [6.07, 6.45) is -7.49. The molecule has 2 aliphatic carbocycles. The molecular weight excluding hydrogens is 500 g/mol. The Hall–Kier alpha value is -2.49. The van der Waals surface area contributed by atoms with E-state index in [0.717, 1.165) is 0 Å². The minimum absolute atomic E-state index is 0.0188. The van der Waals surface area contributed by atoms with E-state index < -0.39 is 35.9 Å². The number of fused-ring (bicyclic) bond motifs is 1. The lowest BCUT2D eigenvalue weighted by atomic mass is 9.85. The highest BCUT2D eigenvalue weighted by Crippen LogP contribution is 2.44. The topological polar surface area (TPSA) is 58.6 Å². The van der Waals surface area contributed by atoms with Gasteiger partial charge in [-0.1, -0.05) is 18.2 Å². The van der Waals surface area contributed by atoms with E-state index in [4.69, 9.17) is 4.74 Å². The van der Waals surface area contributed by atoms with E-state index in [-0.39, 0.29) is 54.8 Å². The van der Waals surface area contributed by atoms with Crippen LogP contribution in [0.5, 0.6) is 5.75 Å². The van der Waals surface area contributed by atoms with E-state index >= 15 is 0 Å². The van der Waals surface area contributed by atoms with Crippen LogP contribution in [0.3, 0.4) is 0 Å². The molecule has 2 aliphatic rings. The number of hydrogen-bond donors (Lipinski definition) is 2. The van der Waals surface area contributed by atoms with Crippen LogP contribution < -0.4 is 10.1 Å². The van der Waals surface area contributed by atoms with E-state index in [2.05, 4.69) is 5.32 Å². The summed E-state index contributed by atoms with van der Waals surface area (Å²) in [5.41, 5.74) is -0.264. The van der Waals surface area contributed by atoms with Crippen molar-refractivity contribution in [2.75, 3.05) is 0 Å².